The number of hydrogen-bond donors (Lipinski definition) is 0. The molecule has 0 bridgehead atoms. The molecule has 1 aromatic rings. The number of halogens is 1. The zero-order valence-electron chi connectivity index (χ0n) is 11.2. The molecular formula is C16H23Br. The zero-order chi connectivity index (χ0) is 12.5. The van der Waals surface area contributed by atoms with E-state index in [9.17, 15) is 0 Å². The van der Waals surface area contributed by atoms with Crippen LogP contribution >= 0.6 is 15.9 Å². The van der Waals surface area contributed by atoms with Gasteiger partial charge in [-0.05, 0) is 36.7 Å². The van der Waals surface area contributed by atoms with Crippen molar-refractivity contribution in [2.75, 3.05) is 0 Å². The van der Waals surface area contributed by atoms with Gasteiger partial charge in [0.05, 0.1) is 0 Å². The van der Waals surface area contributed by atoms with E-state index in [-0.39, 0.29) is 0 Å². The molecular weight excluding hydrogens is 272 g/mol. The fourth-order valence-corrected chi connectivity index (χ4v) is 4.33. The third-order valence-corrected chi connectivity index (χ3v) is 5.51. The summed E-state index contributed by atoms with van der Waals surface area (Å²) in [5, 5.41) is 0. The molecule has 0 radical (unpaired) electrons. The van der Waals surface area contributed by atoms with Gasteiger partial charge in [-0.3, -0.25) is 0 Å². The predicted octanol–water partition coefficient (Wildman–Crippen LogP) is 5.65. The average Bonchev–Trinajstić information content (AvgIpc) is 2.28. The van der Waals surface area contributed by atoms with Crippen LogP contribution in [-0.2, 0) is 0 Å². The molecule has 0 heterocycles. The first kappa shape index (κ1) is 13.1. The molecule has 94 valence electrons. The van der Waals surface area contributed by atoms with Crippen molar-refractivity contribution < 1.29 is 0 Å². The van der Waals surface area contributed by atoms with Crippen LogP contribution in [0.4, 0.5) is 0 Å². The van der Waals surface area contributed by atoms with Gasteiger partial charge in [-0.2, -0.15) is 0 Å². The summed E-state index contributed by atoms with van der Waals surface area (Å²) in [5.74, 6) is 0.763. The van der Waals surface area contributed by atoms with Crippen LogP contribution < -0.4 is 0 Å². The van der Waals surface area contributed by atoms with Crippen molar-refractivity contribution in [2.24, 2.45) is 11.3 Å². The number of aryl methyl sites for hydroxylation is 1. The molecule has 1 heteroatoms. The lowest BCUT2D eigenvalue weighted by molar-refractivity contribution is 0.136. The van der Waals surface area contributed by atoms with Gasteiger partial charge in [0.25, 0.3) is 0 Å². The highest BCUT2D eigenvalue weighted by molar-refractivity contribution is 9.09. The van der Waals surface area contributed by atoms with Gasteiger partial charge in [0.1, 0.15) is 0 Å². The molecule has 1 fully saturated rings. The summed E-state index contributed by atoms with van der Waals surface area (Å²) in [4.78, 5) is 0.512. The molecule has 1 aliphatic rings. The Bertz CT molecular complexity index is 364. The fraction of sp³-hybridized carbons (Fsp3) is 0.625. The Morgan fingerprint density at radius 2 is 1.82 bits per heavy atom. The lowest BCUT2D eigenvalue weighted by Gasteiger charge is -2.41. The molecule has 0 saturated heterocycles. The van der Waals surface area contributed by atoms with Crippen LogP contribution in [0, 0.1) is 18.3 Å². The Labute approximate surface area is 114 Å². The highest BCUT2D eigenvalue weighted by Crippen LogP contribution is 2.50. The van der Waals surface area contributed by atoms with Gasteiger partial charge < -0.3 is 0 Å². The first-order valence-electron chi connectivity index (χ1n) is 6.71. The highest BCUT2D eigenvalue weighted by Gasteiger charge is 2.36. The first-order valence-corrected chi connectivity index (χ1v) is 7.63. The van der Waals surface area contributed by atoms with Gasteiger partial charge >= 0.3 is 0 Å². The molecule has 17 heavy (non-hydrogen) atoms. The van der Waals surface area contributed by atoms with Crippen molar-refractivity contribution >= 4 is 15.9 Å². The van der Waals surface area contributed by atoms with Crippen LogP contribution in [0.15, 0.2) is 24.3 Å². The fourth-order valence-electron chi connectivity index (χ4n) is 3.05. The monoisotopic (exact) mass is 294 g/mol. The summed E-state index contributed by atoms with van der Waals surface area (Å²) in [5.41, 5.74) is 3.25. The van der Waals surface area contributed by atoms with Gasteiger partial charge in [-0.1, -0.05) is 72.4 Å². The van der Waals surface area contributed by atoms with Gasteiger partial charge in [-0.15, -0.1) is 0 Å². The van der Waals surface area contributed by atoms with E-state index in [1.807, 2.05) is 0 Å². The van der Waals surface area contributed by atoms with E-state index in [1.165, 1.54) is 36.8 Å². The van der Waals surface area contributed by atoms with Crippen molar-refractivity contribution in [1.82, 2.24) is 0 Å². The molecule has 1 aliphatic carbocycles. The molecule has 1 saturated carbocycles. The molecule has 0 aliphatic heterocycles. The summed E-state index contributed by atoms with van der Waals surface area (Å²) in [6.07, 6.45) is 5.52. The minimum absolute atomic E-state index is 0.470. The number of alkyl halides is 1. The SMILES string of the molecule is Cc1ccc(C(Br)C2CCCCC2(C)C)cc1. The lowest BCUT2D eigenvalue weighted by Crippen LogP contribution is -2.30. The lowest BCUT2D eigenvalue weighted by atomic mass is 9.67. The third-order valence-electron chi connectivity index (χ3n) is 4.34. The van der Waals surface area contributed by atoms with E-state index < -0.39 is 0 Å². The van der Waals surface area contributed by atoms with Gasteiger partial charge in [0.15, 0.2) is 0 Å². The van der Waals surface area contributed by atoms with Crippen molar-refractivity contribution in [3.8, 4) is 0 Å². The molecule has 2 unspecified atom stereocenters. The van der Waals surface area contributed by atoms with Crippen molar-refractivity contribution in [2.45, 2.75) is 51.3 Å². The van der Waals surface area contributed by atoms with Crippen LogP contribution in [0.25, 0.3) is 0 Å². The minimum atomic E-state index is 0.470. The van der Waals surface area contributed by atoms with Crippen molar-refractivity contribution in [3.05, 3.63) is 35.4 Å². The second-order valence-electron chi connectivity index (χ2n) is 6.15. The Morgan fingerprint density at radius 3 is 2.41 bits per heavy atom. The summed E-state index contributed by atoms with van der Waals surface area (Å²) < 4.78 is 0. The third kappa shape index (κ3) is 2.93. The molecule has 0 aromatic heterocycles. The van der Waals surface area contributed by atoms with E-state index in [0.29, 0.717) is 10.2 Å². The van der Waals surface area contributed by atoms with E-state index in [1.54, 1.807) is 0 Å². The van der Waals surface area contributed by atoms with Crippen LogP contribution in [0.1, 0.15) is 55.5 Å². The first-order chi connectivity index (χ1) is 8.00. The number of rotatable bonds is 2. The summed E-state index contributed by atoms with van der Waals surface area (Å²) in [6.45, 7) is 7.01. The average molecular weight is 295 g/mol. The standard InChI is InChI=1S/C16H23Br/c1-12-7-9-13(10-8-12)15(17)14-6-4-5-11-16(14,2)3/h7-10,14-15H,4-6,11H2,1-3H3. The molecule has 0 N–H and O–H groups in total. The quantitative estimate of drug-likeness (QED) is 0.619. The predicted molar refractivity (Wildman–Crippen MR) is 78.6 cm³/mol. The van der Waals surface area contributed by atoms with Crippen LogP contribution in [0.2, 0.25) is 0 Å². The summed E-state index contributed by atoms with van der Waals surface area (Å²) in [6, 6.07) is 9.00. The Balaban J connectivity index is 2.18. The molecule has 2 rings (SSSR count). The maximum Gasteiger partial charge on any atom is 0.0428 e. The van der Waals surface area contributed by atoms with Crippen LogP contribution in [-0.4, -0.2) is 0 Å². The van der Waals surface area contributed by atoms with Crippen LogP contribution in [0.5, 0.6) is 0 Å². The Kier molecular flexibility index (Phi) is 3.97. The maximum atomic E-state index is 3.95. The zero-order valence-corrected chi connectivity index (χ0v) is 12.8. The smallest absolute Gasteiger partial charge is 0.0428 e. The molecule has 0 amide bonds. The summed E-state index contributed by atoms with van der Waals surface area (Å²) in [7, 11) is 0. The Morgan fingerprint density at radius 1 is 1.18 bits per heavy atom. The number of benzene rings is 1. The van der Waals surface area contributed by atoms with Gasteiger partial charge in [0.2, 0.25) is 0 Å². The largest absolute Gasteiger partial charge is 0.0836 e. The van der Waals surface area contributed by atoms with Gasteiger partial charge in [0, 0.05) is 4.83 Å². The topological polar surface area (TPSA) is 0 Å². The van der Waals surface area contributed by atoms with Crippen LogP contribution in [0.3, 0.4) is 0 Å². The van der Waals surface area contributed by atoms with Crippen molar-refractivity contribution in [3.63, 3.8) is 0 Å². The molecule has 2 atom stereocenters. The molecule has 0 nitrogen and oxygen atoms in total. The van der Waals surface area contributed by atoms with E-state index in [4.69, 9.17) is 0 Å². The maximum absolute atomic E-state index is 3.95. The second-order valence-corrected chi connectivity index (χ2v) is 7.14. The van der Waals surface area contributed by atoms with Gasteiger partial charge in [-0.25, -0.2) is 0 Å². The molecule has 1 aromatic carbocycles. The molecule has 0 spiro atoms. The summed E-state index contributed by atoms with van der Waals surface area (Å²) >= 11 is 3.95. The minimum Gasteiger partial charge on any atom is -0.0836 e. The second kappa shape index (κ2) is 5.14. The highest BCUT2D eigenvalue weighted by atomic mass is 79.9. The van der Waals surface area contributed by atoms with E-state index in [0.717, 1.165) is 5.92 Å². The van der Waals surface area contributed by atoms with E-state index >= 15 is 0 Å². The Hall–Kier alpha value is -0.300. The number of hydrogen-bond acceptors (Lipinski definition) is 0. The van der Waals surface area contributed by atoms with Crippen molar-refractivity contribution in [1.29, 1.82) is 0 Å². The normalized spacial score (nSPS) is 25.5. The van der Waals surface area contributed by atoms with E-state index in [2.05, 4.69) is 61.0 Å².